The average Bonchev–Trinajstić information content (AvgIpc) is 2.85. The first-order chi connectivity index (χ1) is 11.4. The molecule has 0 unspecified atom stereocenters. The Morgan fingerprint density at radius 2 is 2.00 bits per heavy atom. The van der Waals surface area contributed by atoms with E-state index in [9.17, 15) is 17.6 Å². The van der Waals surface area contributed by atoms with Crippen LogP contribution in [0.2, 0.25) is 0 Å². The Balaban J connectivity index is 1.89. The minimum absolute atomic E-state index is 0.0328. The highest BCUT2D eigenvalue weighted by atomic mass is 32.2. The molecule has 2 atom stereocenters. The second-order valence-corrected chi connectivity index (χ2v) is 8.11. The van der Waals surface area contributed by atoms with Gasteiger partial charge in [0.25, 0.3) is 0 Å². The monoisotopic (exact) mass is 356 g/mol. The van der Waals surface area contributed by atoms with Gasteiger partial charge in [-0.15, -0.1) is 0 Å². The molecule has 3 saturated heterocycles. The van der Waals surface area contributed by atoms with Crippen molar-refractivity contribution < 1.29 is 22.3 Å². The number of rotatable bonds is 5. The summed E-state index contributed by atoms with van der Waals surface area (Å²) < 4.78 is 46.0. The summed E-state index contributed by atoms with van der Waals surface area (Å²) in [6.07, 6.45) is 1.42. The smallest absolute Gasteiger partial charge is 0.246 e. The predicted molar refractivity (Wildman–Crippen MR) is 85.3 cm³/mol. The summed E-state index contributed by atoms with van der Waals surface area (Å²) in [4.78, 5) is 13.9. The molecule has 6 nitrogen and oxygen atoms in total. The normalized spacial score (nSPS) is 25.1. The van der Waals surface area contributed by atoms with E-state index < -0.39 is 15.8 Å². The van der Waals surface area contributed by atoms with Gasteiger partial charge in [-0.25, -0.2) is 12.8 Å². The number of ether oxygens (including phenoxy) is 1. The number of hydrogen-bond donors (Lipinski definition) is 0. The van der Waals surface area contributed by atoms with Crippen molar-refractivity contribution in [2.45, 2.75) is 23.8 Å². The van der Waals surface area contributed by atoms with Gasteiger partial charge < -0.3 is 9.64 Å². The van der Waals surface area contributed by atoms with E-state index in [0.717, 1.165) is 12.5 Å². The van der Waals surface area contributed by atoms with Gasteiger partial charge >= 0.3 is 0 Å². The maximum Gasteiger partial charge on any atom is 0.246 e. The van der Waals surface area contributed by atoms with Gasteiger partial charge in [0.15, 0.2) is 0 Å². The molecule has 1 aromatic rings. The van der Waals surface area contributed by atoms with Gasteiger partial charge in [-0.2, -0.15) is 4.31 Å². The number of methoxy groups -OCH3 is 1. The maximum absolute atomic E-state index is 14.0. The first kappa shape index (κ1) is 17.3. The number of carbonyl (C=O) groups is 1. The molecule has 3 aliphatic heterocycles. The molecule has 3 fully saturated rings. The van der Waals surface area contributed by atoms with E-state index in [1.54, 1.807) is 12.0 Å². The van der Waals surface area contributed by atoms with Crippen LogP contribution in [0.1, 0.15) is 12.8 Å². The summed E-state index contributed by atoms with van der Waals surface area (Å²) >= 11 is 0. The molecule has 24 heavy (non-hydrogen) atoms. The molecule has 4 rings (SSSR count). The Bertz CT molecular complexity index is 725. The third kappa shape index (κ3) is 3.05. The summed E-state index contributed by atoms with van der Waals surface area (Å²) in [6, 6.07) is 5.17. The zero-order valence-corrected chi connectivity index (χ0v) is 14.3. The fourth-order valence-electron chi connectivity index (χ4n) is 3.47. The molecule has 0 spiro atoms. The van der Waals surface area contributed by atoms with Gasteiger partial charge in [-0.1, -0.05) is 12.1 Å². The van der Waals surface area contributed by atoms with Crippen LogP contribution < -0.4 is 0 Å². The van der Waals surface area contributed by atoms with Crippen LogP contribution in [-0.4, -0.2) is 62.9 Å². The van der Waals surface area contributed by atoms with Crippen LogP contribution in [0.3, 0.4) is 0 Å². The summed E-state index contributed by atoms with van der Waals surface area (Å²) in [5, 5.41) is 0. The minimum atomic E-state index is -3.96. The van der Waals surface area contributed by atoms with Crippen LogP contribution in [0.25, 0.3) is 0 Å². The van der Waals surface area contributed by atoms with Crippen molar-refractivity contribution >= 4 is 15.9 Å². The number of hydrogen-bond acceptors (Lipinski definition) is 4. The van der Waals surface area contributed by atoms with E-state index in [2.05, 4.69) is 0 Å². The quantitative estimate of drug-likeness (QED) is 0.792. The zero-order chi connectivity index (χ0) is 17.3. The molecule has 0 saturated carbocycles. The molecule has 1 amide bonds. The second-order valence-electron chi connectivity index (χ2n) is 6.20. The van der Waals surface area contributed by atoms with E-state index in [0.29, 0.717) is 19.6 Å². The number of amides is 1. The zero-order valence-electron chi connectivity index (χ0n) is 13.5. The van der Waals surface area contributed by atoms with Crippen molar-refractivity contribution in [1.82, 2.24) is 9.21 Å². The standard InChI is InChI=1S/C16H21FN2O4S/c1-23-9-8-19-13-7-6-12(16(19)20)10-18(11-13)24(21,22)15-5-3-2-4-14(15)17/h2-5,12-13H,6-11H2,1H3/t12-,13+/m0/s1. The first-order valence-corrected chi connectivity index (χ1v) is 9.43. The fraction of sp³-hybridized carbons (Fsp3) is 0.562. The predicted octanol–water partition coefficient (Wildman–Crippen LogP) is 1.08. The molecular weight excluding hydrogens is 335 g/mol. The van der Waals surface area contributed by atoms with Gasteiger partial charge in [-0.3, -0.25) is 4.79 Å². The molecule has 1 aromatic carbocycles. The molecule has 0 aromatic heterocycles. The molecule has 0 radical (unpaired) electrons. The summed E-state index contributed by atoms with van der Waals surface area (Å²) in [5.41, 5.74) is 0. The van der Waals surface area contributed by atoms with Gasteiger partial charge in [0.2, 0.25) is 15.9 Å². The van der Waals surface area contributed by atoms with E-state index >= 15 is 0 Å². The van der Waals surface area contributed by atoms with Gasteiger partial charge in [0.05, 0.1) is 12.5 Å². The van der Waals surface area contributed by atoms with Crippen LogP contribution >= 0.6 is 0 Å². The number of fused-ring (bicyclic) bond motifs is 4. The van der Waals surface area contributed by atoms with Crippen molar-refractivity contribution in [3.05, 3.63) is 30.1 Å². The van der Waals surface area contributed by atoms with Gasteiger partial charge in [-0.05, 0) is 25.0 Å². The number of sulfonamides is 1. The Morgan fingerprint density at radius 1 is 1.25 bits per heavy atom. The highest BCUT2D eigenvalue weighted by Gasteiger charge is 2.44. The highest BCUT2D eigenvalue weighted by Crippen LogP contribution is 2.32. The largest absolute Gasteiger partial charge is 0.383 e. The van der Waals surface area contributed by atoms with E-state index in [1.807, 2.05) is 0 Å². The Kier molecular flexibility index (Phi) is 4.89. The average molecular weight is 356 g/mol. The fourth-order valence-corrected chi connectivity index (χ4v) is 5.06. The number of piperidine rings is 1. The Morgan fingerprint density at radius 3 is 2.71 bits per heavy atom. The molecular formula is C16H21FN2O4S. The van der Waals surface area contributed by atoms with Crippen molar-refractivity contribution in [3.8, 4) is 0 Å². The number of nitrogens with zero attached hydrogens (tertiary/aromatic N) is 2. The third-order valence-electron chi connectivity index (χ3n) is 4.75. The third-order valence-corrected chi connectivity index (χ3v) is 6.62. The van der Waals surface area contributed by atoms with Crippen molar-refractivity contribution in [1.29, 1.82) is 0 Å². The Labute approximate surface area is 141 Å². The highest BCUT2D eigenvalue weighted by molar-refractivity contribution is 7.89. The maximum atomic E-state index is 14.0. The van der Waals surface area contributed by atoms with Crippen LogP contribution in [0, 0.1) is 11.7 Å². The van der Waals surface area contributed by atoms with Crippen LogP contribution in [0.5, 0.6) is 0 Å². The lowest BCUT2D eigenvalue weighted by atomic mass is 9.94. The lowest BCUT2D eigenvalue weighted by Crippen LogP contribution is -2.49. The minimum Gasteiger partial charge on any atom is -0.383 e. The lowest BCUT2D eigenvalue weighted by Gasteiger charge is -2.35. The van der Waals surface area contributed by atoms with E-state index in [-0.39, 0.29) is 35.9 Å². The Hall–Kier alpha value is -1.51. The number of benzene rings is 1. The number of halogens is 1. The molecule has 132 valence electrons. The molecule has 8 heteroatoms. The lowest BCUT2D eigenvalue weighted by molar-refractivity contribution is -0.140. The van der Waals surface area contributed by atoms with Crippen LogP contribution in [0.4, 0.5) is 4.39 Å². The molecule has 3 aliphatic rings. The van der Waals surface area contributed by atoms with Crippen LogP contribution in [0.15, 0.2) is 29.2 Å². The van der Waals surface area contributed by atoms with Crippen molar-refractivity contribution in [2.24, 2.45) is 5.92 Å². The molecule has 2 bridgehead atoms. The van der Waals surface area contributed by atoms with Crippen molar-refractivity contribution in [2.75, 3.05) is 33.4 Å². The molecule has 0 aliphatic carbocycles. The second kappa shape index (κ2) is 6.78. The van der Waals surface area contributed by atoms with Gasteiger partial charge in [0.1, 0.15) is 10.7 Å². The molecule has 0 N–H and O–H groups in total. The molecule has 3 heterocycles. The van der Waals surface area contributed by atoms with Crippen molar-refractivity contribution in [3.63, 3.8) is 0 Å². The summed E-state index contributed by atoms with van der Waals surface area (Å²) in [6.45, 7) is 1.16. The van der Waals surface area contributed by atoms with E-state index in [1.165, 1.54) is 22.5 Å². The summed E-state index contributed by atoms with van der Waals surface area (Å²) in [7, 11) is -2.40. The SMILES string of the molecule is COCCN1C(=O)[C@H]2CC[C@@H]1CN(S(=O)(=O)c1ccccc1F)C2. The number of carbonyl (C=O) groups excluding carboxylic acids is 1. The first-order valence-electron chi connectivity index (χ1n) is 7.99. The summed E-state index contributed by atoms with van der Waals surface area (Å²) in [5.74, 6) is -1.17. The van der Waals surface area contributed by atoms with E-state index in [4.69, 9.17) is 4.74 Å². The topological polar surface area (TPSA) is 66.9 Å². The van der Waals surface area contributed by atoms with Crippen LogP contribution in [-0.2, 0) is 19.6 Å². The van der Waals surface area contributed by atoms with Gasteiger partial charge in [0, 0.05) is 32.8 Å².